The third-order valence-electron chi connectivity index (χ3n) is 6.76. The Hall–Kier alpha value is -1.51. The lowest BCUT2D eigenvalue weighted by atomic mass is 9.56. The van der Waals surface area contributed by atoms with Gasteiger partial charge in [-0.25, -0.2) is 0 Å². The molecule has 0 aromatic heterocycles. The molecular formula is C23H25Cl2NO. The average molecular weight is 402 g/mol. The Bertz CT molecular complexity index is 878. The third kappa shape index (κ3) is 3.07. The van der Waals surface area contributed by atoms with E-state index >= 15 is 0 Å². The van der Waals surface area contributed by atoms with Gasteiger partial charge in [-0.2, -0.15) is 0 Å². The lowest BCUT2D eigenvalue weighted by Crippen LogP contribution is -2.42. The van der Waals surface area contributed by atoms with Crippen molar-refractivity contribution in [1.82, 2.24) is 5.32 Å². The van der Waals surface area contributed by atoms with Crippen molar-refractivity contribution in [2.75, 3.05) is 0 Å². The zero-order valence-electron chi connectivity index (χ0n) is 15.9. The number of rotatable bonds is 2. The van der Waals surface area contributed by atoms with Gasteiger partial charge in [-0.1, -0.05) is 54.4 Å². The fourth-order valence-electron chi connectivity index (χ4n) is 5.44. The molecule has 1 saturated heterocycles. The number of hydrogen-bond acceptors (Lipinski definition) is 1. The summed E-state index contributed by atoms with van der Waals surface area (Å²) in [6.07, 6.45) is 1.83. The average Bonchev–Trinajstić information content (AvgIpc) is 2.85. The molecule has 1 heterocycles. The number of benzene rings is 2. The minimum atomic E-state index is -0.336. The maximum Gasteiger partial charge on any atom is 0.226 e. The Morgan fingerprint density at radius 3 is 2.48 bits per heavy atom. The fourth-order valence-corrected chi connectivity index (χ4v) is 5.94. The number of halogens is 2. The molecule has 2 aliphatic rings. The first kappa shape index (κ1) is 18.8. The summed E-state index contributed by atoms with van der Waals surface area (Å²) in [6, 6.07) is 14.6. The van der Waals surface area contributed by atoms with Crippen molar-refractivity contribution in [2.45, 2.75) is 51.5 Å². The topological polar surface area (TPSA) is 29.1 Å². The first-order valence-electron chi connectivity index (χ1n) is 9.64. The van der Waals surface area contributed by atoms with Gasteiger partial charge in [0.1, 0.15) is 0 Å². The summed E-state index contributed by atoms with van der Waals surface area (Å²) in [5.74, 6) is 0.914. The molecule has 1 amide bonds. The fraction of sp³-hybridized carbons (Fsp3) is 0.435. The molecule has 0 bridgehead atoms. The molecule has 1 saturated carbocycles. The molecule has 2 nitrogen and oxygen atoms in total. The molecule has 4 rings (SSSR count). The van der Waals surface area contributed by atoms with Crippen molar-refractivity contribution in [3.63, 3.8) is 0 Å². The van der Waals surface area contributed by atoms with Gasteiger partial charge in [0.05, 0.1) is 5.41 Å². The maximum atomic E-state index is 12.8. The van der Waals surface area contributed by atoms with E-state index in [1.807, 2.05) is 18.2 Å². The molecule has 0 radical (unpaired) electrons. The standard InChI is InChI=1S/C23H25Cl2NO/c1-13-4-9-17(19(25)12-13)18-10-11-23(3)21(14(2)26-22(23)27)20(18)15-5-7-16(24)8-6-15/h4-9,12,14,18,20-21H,10-11H2,1-3H3,(H,26,27). The van der Waals surface area contributed by atoms with E-state index in [1.165, 1.54) is 16.7 Å². The van der Waals surface area contributed by atoms with Crippen molar-refractivity contribution in [2.24, 2.45) is 11.3 Å². The van der Waals surface area contributed by atoms with Crippen LogP contribution in [0.4, 0.5) is 0 Å². The summed E-state index contributed by atoms with van der Waals surface area (Å²) in [4.78, 5) is 12.8. The summed E-state index contributed by atoms with van der Waals surface area (Å²) in [7, 11) is 0. The largest absolute Gasteiger partial charge is 0.353 e. The van der Waals surface area contributed by atoms with E-state index in [0.29, 0.717) is 0 Å². The summed E-state index contributed by atoms with van der Waals surface area (Å²) in [5.41, 5.74) is 3.26. The molecule has 2 fully saturated rings. The highest BCUT2D eigenvalue weighted by molar-refractivity contribution is 6.31. The minimum Gasteiger partial charge on any atom is -0.353 e. The Morgan fingerprint density at radius 1 is 1.11 bits per heavy atom. The van der Waals surface area contributed by atoms with Gasteiger partial charge in [-0.15, -0.1) is 0 Å². The third-order valence-corrected chi connectivity index (χ3v) is 7.34. The predicted octanol–water partition coefficient (Wildman–Crippen LogP) is 6.10. The first-order chi connectivity index (χ1) is 12.8. The van der Waals surface area contributed by atoms with E-state index in [4.69, 9.17) is 23.2 Å². The van der Waals surface area contributed by atoms with Gasteiger partial charge in [0.2, 0.25) is 5.91 Å². The summed E-state index contributed by atoms with van der Waals surface area (Å²) in [5, 5.41) is 4.77. The zero-order chi connectivity index (χ0) is 19.3. The van der Waals surface area contributed by atoms with Crippen molar-refractivity contribution >= 4 is 29.1 Å². The zero-order valence-corrected chi connectivity index (χ0v) is 17.4. The molecule has 1 aliphatic carbocycles. The number of aryl methyl sites for hydroxylation is 1. The second-order valence-corrected chi connectivity index (χ2v) is 9.30. The van der Waals surface area contributed by atoms with Crippen LogP contribution in [0, 0.1) is 18.3 Å². The van der Waals surface area contributed by atoms with Crippen LogP contribution in [-0.4, -0.2) is 11.9 Å². The second kappa shape index (κ2) is 6.83. The van der Waals surface area contributed by atoms with Gasteiger partial charge in [-0.05, 0) is 73.4 Å². The van der Waals surface area contributed by atoms with Crippen molar-refractivity contribution in [3.8, 4) is 0 Å². The summed E-state index contributed by atoms with van der Waals surface area (Å²) >= 11 is 12.8. The van der Waals surface area contributed by atoms with Gasteiger partial charge in [0.15, 0.2) is 0 Å². The Kier molecular flexibility index (Phi) is 4.76. The normalized spacial score (nSPS) is 32.9. The lowest BCUT2D eigenvalue weighted by molar-refractivity contribution is -0.129. The Balaban J connectivity index is 1.85. The minimum absolute atomic E-state index is 0.134. The SMILES string of the molecule is Cc1ccc(C2CCC3(C)C(=O)NC(C)C3C2c2ccc(Cl)cc2)c(Cl)c1. The Morgan fingerprint density at radius 2 is 1.81 bits per heavy atom. The molecule has 2 aromatic carbocycles. The second-order valence-electron chi connectivity index (χ2n) is 8.45. The van der Waals surface area contributed by atoms with Crippen LogP contribution in [-0.2, 0) is 4.79 Å². The molecule has 2 aromatic rings. The van der Waals surface area contributed by atoms with Crippen molar-refractivity contribution < 1.29 is 4.79 Å². The van der Waals surface area contributed by atoms with E-state index < -0.39 is 0 Å². The van der Waals surface area contributed by atoms with E-state index in [-0.39, 0.29) is 35.1 Å². The van der Waals surface area contributed by atoms with Crippen LogP contribution in [0.3, 0.4) is 0 Å². The van der Waals surface area contributed by atoms with Crippen LogP contribution in [0.15, 0.2) is 42.5 Å². The predicted molar refractivity (Wildman–Crippen MR) is 112 cm³/mol. The van der Waals surface area contributed by atoms with Crippen molar-refractivity contribution in [3.05, 3.63) is 69.2 Å². The van der Waals surface area contributed by atoms with Gasteiger partial charge in [0.25, 0.3) is 0 Å². The van der Waals surface area contributed by atoms with Crippen LogP contribution >= 0.6 is 23.2 Å². The molecule has 0 spiro atoms. The lowest BCUT2D eigenvalue weighted by Gasteiger charge is -2.46. The van der Waals surface area contributed by atoms with Crippen molar-refractivity contribution in [1.29, 1.82) is 0 Å². The molecule has 5 atom stereocenters. The Labute approximate surface area is 171 Å². The smallest absolute Gasteiger partial charge is 0.226 e. The number of carbonyl (C=O) groups excluding carboxylic acids is 1. The monoisotopic (exact) mass is 401 g/mol. The van der Waals surface area contributed by atoms with Gasteiger partial charge in [0, 0.05) is 22.0 Å². The molecular weight excluding hydrogens is 377 g/mol. The van der Waals surface area contributed by atoms with Crippen LogP contribution < -0.4 is 5.32 Å². The molecule has 1 N–H and O–H groups in total. The van der Waals surface area contributed by atoms with Gasteiger partial charge in [-0.3, -0.25) is 4.79 Å². The highest BCUT2D eigenvalue weighted by Crippen LogP contribution is 2.59. The maximum absolute atomic E-state index is 12.8. The first-order valence-corrected chi connectivity index (χ1v) is 10.4. The van der Waals surface area contributed by atoms with E-state index in [1.54, 1.807) is 0 Å². The molecule has 1 aliphatic heterocycles. The van der Waals surface area contributed by atoms with Crippen LogP contribution in [0.2, 0.25) is 10.0 Å². The number of carbonyl (C=O) groups is 1. The molecule has 4 heteroatoms. The van der Waals surface area contributed by atoms with Gasteiger partial charge >= 0.3 is 0 Å². The summed E-state index contributed by atoms with van der Waals surface area (Å²) < 4.78 is 0. The van der Waals surface area contributed by atoms with Crippen LogP contribution in [0.25, 0.3) is 0 Å². The van der Waals surface area contributed by atoms with Gasteiger partial charge < -0.3 is 5.32 Å². The molecule has 142 valence electrons. The highest BCUT2D eigenvalue weighted by atomic mass is 35.5. The highest BCUT2D eigenvalue weighted by Gasteiger charge is 2.57. The van der Waals surface area contributed by atoms with E-state index in [2.05, 4.69) is 50.4 Å². The summed E-state index contributed by atoms with van der Waals surface area (Å²) in [6.45, 7) is 6.33. The quantitative estimate of drug-likeness (QED) is 0.646. The van der Waals surface area contributed by atoms with Crippen LogP contribution in [0.1, 0.15) is 55.2 Å². The van der Waals surface area contributed by atoms with E-state index in [0.717, 1.165) is 22.9 Å². The number of amides is 1. The van der Waals surface area contributed by atoms with Crippen LogP contribution in [0.5, 0.6) is 0 Å². The molecule has 5 unspecified atom stereocenters. The number of nitrogens with one attached hydrogen (secondary N) is 1. The number of hydrogen-bond donors (Lipinski definition) is 1. The number of fused-ring (bicyclic) bond motifs is 1. The van der Waals surface area contributed by atoms with E-state index in [9.17, 15) is 4.79 Å². The molecule has 27 heavy (non-hydrogen) atoms.